The van der Waals surface area contributed by atoms with Gasteiger partial charge in [-0.05, 0) is 25.6 Å². The number of likely N-dealkylation sites (N-methyl/N-ethyl adjacent to an activating group) is 1. The van der Waals surface area contributed by atoms with Crippen LogP contribution < -0.4 is 20.1 Å². The first-order valence-electron chi connectivity index (χ1n) is 14.5. The average Bonchev–Trinajstić information content (AvgIpc) is 3.06. The van der Waals surface area contributed by atoms with Gasteiger partial charge in [-0.15, -0.1) is 10.2 Å². The Kier molecular flexibility index (Phi) is 14.6. The molecule has 0 aliphatic heterocycles. The lowest BCUT2D eigenvalue weighted by atomic mass is 10.1. The Balaban J connectivity index is 2.00. The van der Waals surface area contributed by atoms with Crippen molar-refractivity contribution in [2.45, 2.75) is 18.7 Å². The third-order valence-electron chi connectivity index (χ3n) is 6.76. The lowest BCUT2D eigenvalue weighted by Gasteiger charge is -2.19. The maximum absolute atomic E-state index is 13.3. The molecule has 14 heteroatoms. The van der Waals surface area contributed by atoms with Crippen LogP contribution in [0, 0.1) is 18.3 Å². The maximum Gasteiger partial charge on any atom is 0.161 e. The molecule has 0 amide bonds. The molecule has 4 N–H and O–H groups in total. The van der Waals surface area contributed by atoms with Crippen LogP contribution in [0.1, 0.15) is 18.1 Å². The van der Waals surface area contributed by atoms with E-state index in [0.717, 1.165) is 12.2 Å². The molecule has 0 saturated heterocycles. The molecule has 1 heterocycles. The second-order valence-electron chi connectivity index (χ2n) is 9.61. The van der Waals surface area contributed by atoms with E-state index in [2.05, 4.69) is 31.9 Å². The molecule has 242 valence electrons. The standard InChI is InChI=1S/C31H41N7O6S/c1-5-38(12-14-39)13-18-45(41)28-20-26(42-3)25(19-27(28)43-4)36-37-29-22(2)24(21-32)30(33-11-16-44-17-15-40)35-31(29)34-23-9-7-6-8-10-23/h6-10,19-20,39-40H,5,11-18H2,1-4H3,(H2,33,34,35). The summed E-state index contributed by atoms with van der Waals surface area (Å²) < 4.78 is 29.8. The van der Waals surface area contributed by atoms with Gasteiger partial charge in [-0.3, -0.25) is 4.21 Å². The summed E-state index contributed by atoms with van der Waals surface area (Å²) >= 11 is 0. The first-order chi connectivity index (χ1) is 21.9. The quantitative estimate of drug-likeness (QED) is 0.109. The highest BCUT2D eigenvalue weighted by Gasteiger charge is 2.20. The summed E-state index contributed by atoms with van der Waals surface area (Å²) in [6.45, 7) is 6.39. The number of azo groups is 1. The Morgan fingerprint density at radius 2 is 1.78 bits per heavy atom. The van der Waals surface area contributed by atoms with Crippen LogP contribution in [-0.4, -0.2) is 96.9 Å². The van der Waals surface area contributed by atoms with Crippen molar-refractivity contribution in [2.75, 3.05) is 83.2 Å². The van der Waals surface area contributed by atoms with E-state index in [0.29, 0.717) is 82.5 Å². The minimum Gasteiger partial charge on any atom is -0.495 e. The van der Waals surface area contributed by atoms with Crippen LogP contribution in [0.4, 0.5) is 28.7 Å². The summed E-state index contributed by atoms with van der Waals surface area (Å²) in [5.41, 5.74) is 2.27. The van der Waals surface area contributed by atoms with E-state index in [1.165, 1.54) is 14.2 Å². The summed E-state index contributed by atoms with van der Waals surface area (Å²) in [7, 11) is 1.57. The van der Waals surface area contributed by atoms with E-state index >= 15 is 0 Å². The summed E-state index contributed by atoms with van der Waals surface area (Å²) in [5, 5.41) is 43.6. The van der Waals surface area contributed by atoms with Crippen LogP contribution in [0.2, 0.25) is 0 Å². The number of nitrogens with zero attached hydrogens (tertiary/aromatic N) is 5. The number of benzene rings is 2. The monoisotopic (exact) mass is 639 g/mol. The lowest BCUT2D eigenvalue weighted by molar-refractivity contribution is 0.0992. The molecule has 3 rings (SSSR count). The van der Waals surface area contributed by atoms with Gasteiger partial charge >= 0.3 is 0 Å². The van der Waals surface area contributed by atoms with Gasteiger partial charge < -0.3 is 40.0 Å². The van der Waals surface area contributed by atoms with Gasteiger partial charge in [0.05, 0.1) is 61.9 Å². The van der Waals surface area contributed by atoms with Gasteiger partial charge in [-0.25, -0.2) is 4.98 Å². The second-order valence-corrected chi connectivity index (χ2v) is 11.1. The molecule has 1 atom stereocenters. The van der Waals surface area contributed by atoms with Crippen LogP contribution in [-0.2, 0) is 15.5 Å². The van der Waals surface area contributed by atoms with E-state index in [1.54, 1.807) is 19.1 Å². The van der Waals surface area contributed by atoms with Crippen molar-refractivity contribution in [1.29, 1.82) is 5.26 Å². The first kappa shape index (κ1) is 35.4. The van der Waals surface area contributed by atoms with Gasteiger partial charge in [0.2, 0.25) is 0 Å². The predicted molar refractivity (Wildman–Crippen MR) is 174 cm³/mol. The van der Waals surface area contributed by atoms with E-state index < -0.39 is 10.8 Å². The smallest absolute Gasteiger partial charge is 0.161 e. The molecule has 0 saturated carbocycles. The number of anilines is 3. The van der Waals surface area contributed by atoms with E-state index in [-0.39, 0.29) is 19.8 Å². The van der Waals surface area contributed by atoms with Crippen molar-refractivity contribution in [1.82, 2.24) is 9.88 Å². The first-order valence-corrected chi connectivity index (χ1v) is 15.8. The minimum absolute atomic E-state index is 0.0321. The summed E-state index contributed by atoms with van der Waals surface area (Å²) in [5.74, 6) is 1.78. The molecule has 1 unspecified atom stereocenters. The largest absolute Gasteiger partial charge is 0.495 e. The zero-order chi connectivity index (χ0) is 32.6. The number of ether oxygens (including phenoxy) is 3. The molecular weight excluding hydrogens is 598 g/mol. The molecule has 0 radical (unpaired) electrons. The maximum atomic E-state index is 13.3. The molecule has 0 spiro atoms. The fraction of sp³-hybridized carbons (Fsp3) is 0.419. The number of aromatic nitrogens is 1. The topological polar surface area (TPSA) is 174 Å². The SMILES string of the molecule is CCN(CCO)CCS(=O)c1cc(OC)c(N=Nc2c(Nc3ccccc3)nc(NCCOCCO)c(C#N)c2C)cc1OC. The molecule has 1 aromatic heterocycles. The van der Waals surface area contributed by atoms with E-state index in [9.17, 15) is 14.6 Å². The van der Waals surface area contributed by atoms with Crippen LogP contribution in [0.25, 0.3) is 0 Å². The number of pyridine rings is 1. The number of para-hydroxylation sites is 1. The van der Waals surface area contributed by atoms with Crippen molar-refractivity contribution >= 4 is 39.5 Å². The molecule has 2 aromatic carbocycles. The number of aliphatic hydroxyl groups is 2. The van der Waals surface area contributed by atoms with Crippen molar-refractivity contribution in [2.24, 2.45) is 10.2 Å². The summed E-state index contributed by atoms with van der Waals surface area (Å²) in [6, 6.07) is 14.9. The minimum atomic E-state index is -1.41. The van der Waals surface area contributed by atoms with Gasteiger partial charge in [0.1, 0.15) is 34.8 Å². The third-order valence-corrected chi connectivity index (χ3v) is 8.13. The fourth-order valence-corrected chi connectivity index (χ4v) is 5.59. The van der Waals surface area contributed by atoms with Crippen molar-refractivity contribution in [3.8, 4) is 17.6 Å². The van der Waals surface area contributed by atoms with Crippen LogP contribution >= 0.6 is 0 Å². The average molecular weight is 640 g/mol. The number of methoxy groups -OCH3 is 2. The lowest BCUT2D eigenvalue weighted by Crippen LogP contribution is -2.30. The van der Waals surface area contributed by atoms with Crippen LogP contribution in [0.3, 0.4) is 0 Å². The van der Waals surface area contributed by atoms with Gasteiger partial charge in [0, 0.05) is 48.8 Å². The Morgan fingerprint density at radius 1 is 1.02 bits per heavy atom. The van der Waals surface area contributed by atoms with Crippen molar-refractivity contribution in [3.63, 3.8) is 0 Å². The van der Waals surface area contributed by atoms with Gasteiger partial charge in [-0.2, -0.15) is 5.26 Å². The highest BCUT2D eigenvalue weighted by molar-refractivity contribution is 7.85. The van der Waals surface area contributed by atoms with Gasteiger partial charge in [-0.1, -0.05) is 25.1 Å². The number of nitrogens with one attached hydrogen (secondary N) is 2. The van der Waals surface area contributed by atoms with Crippen molar-refractivity contribution < 1.29 is 28.6 Å². The van der Waals surface area contributed by atoms with E-state index in [1.807, 2.05) is 42.2 Å². The Hall–Kier alpha value is -4.13. The van der Waals surface area contributed by atoms with Crippen LogP contribution in [0.15, 0.2) is 57.6 Å². The predicted octanol–water partition coefficient (Wildman–Crippen LogP) is 4.28. The number of hydrogen-bond donors (Lipinski definition) is 4. The van der Waals surface area contributed by atoms with Gasteiger partial charge in [0.25, 0.3) is 0 Å². The highest BCUT2D eigenvalue weighted by Crippen LogP contribution is 2.40. The molecule has 0 aliphatic rings. The van der Waals surface area contributed by atoms with Crippen LogP contribution in [0.5, 0.6) is 11.5 Å². The molecule has 0 aliphatic carbocycles. The van der Waals surface area contributed by atoms with Crippen molar-refractivity contribution in [3.05, 3.63) is 53.6 Å². The third kappa shape index (κ3) is 9.93. The normalized spacial score (nSPS) is 11.9. The summed E-state index contributed by atoms with van der Waals surface area (Å²) in [4.78, 5) is 7.16. The van der Waals surface area contributed by atoms with E-state index in [4.69, 9.17) is 19.3 Å². The number of rotatable bonds is 19. The Bertz CT molecular complexity index is 1480. The zero-order valence-corrected chi connectivity index (χ0v) is 26.9. The number of nitriles is 1. The number of aliphatic hydroxyl groups excluding tert-OH is 2. The molecule has 0 bridgehead atoms. The fourth-order valence-electron chi connectivity index (χ4n) is 4.34. The van der Waals surface area contributed by atoms with Gasteiger partial charge in [0.15, 0.2) is 5.82 Å². The highest BCUT2D eigenvalue weighted by atomic mass is 32.2. The Labute approximate surface area is 266 Å². The molecule has 3 aromatic rings. The second kappa shape index (κ2) is 18.6. The summed E-state index contributed by atoms with van der Waals surface area (Å²) in [6.07, 6.45) is 0. The molecule has 13 nitrogen and oxygen atoms in total. The molecular formula is C31H41N7O6S. The molecule has 0 fully saturated rings. The number of hydrogen-bond acceptors (Lipinski definition) is 13. The molecule has 45 heavy (non-hydrogen) atoms. The Morgan fingerprint density at radius 3 is 2.42 bits per heavy atom. The zero-order valence-electron chi connectivity index (χ0n) is 26.1.